The van der Waals surface area contributed by atoms with E-state index in [1.165, 1.54) is 4.90 Å². The number of fused-ring (bicyclic) bond motifs is 3. The third kappa shape index (κ3) is 3.63. The number of phenolic OH excluding ortho intramolecular Hbond substituents is 1. The molecule has 11 nitrogen and oxygen atoms in total. The standard InChI is InChI=1S/C28H36N4O7/c1-30(2)21-13(16-7-6-8-32(16)5)11-17(33)19-14(21)9-12-10-15-22(31(3)4)24(35)20(27(29)38)26(37)28(15,39)25(36)18(12)23(19)34/h11-12,15-16,22,33-34,37,39H,6-10H2,1-5H3,(H2,29,38)/t12-,15-,16?,22-,28-/m0/s1. The normalized spacial score (nSPS) is 30.9. The molecule has 0 bridgehead atoms. The number of hydrogen-bond donors (Lipinski definition) is 5. The van der Waals surface area contributed by atoms with E-state index in [-0.39, 0.29) is 35.8 Å². The number of carbonyl (C=O) groups excluding carboxylic acids is 3. The molecule has 210 valence electrons. The maximum atomic E-state index is 14.0. The monoisotopic (exact) mass is 540 g/mol. The van der Waals surface area contributed by atoms with Crippen LogP contribution < -0.4 is 10.6 Å². The summed E-state index contributed by atoms with van der Waals surface area (Å²) in [5.74, 6) is -6.48. The van der Waals surface area contributed by atoms with Crippen LogP contribution in [0.5, 0.6) is 5.75 Å². The van der Waals surface area contributed by atoms with Gasteiger partial charge in [-0.1, -0.05) is 0 Å². The number of rotatable bonds is 4. The number of benzene rings is 1. The van der Waals surface area contributed by atoms with Gasteiger partial charge in [0.05, 0.1) is 11.6 Å². The average molecular weight is 541 g/mol. The predicted octanol–water partition coefficient (Wildman–Crippen LogP) is 0.797. The lowest BCUT2D eigenvalue weighted by Crippen LogP contribution is -2.65. The van der Waals surface area contributed by atoms with Gasteiger partial charge in [-0.05, 0) is 76.5 Å². The van der Waals surface area contributed by atoms with E-state index in [2.05, 4.69) is 4.90 Å². The van der Waals surface area contributed by atoms with Crippen molar-refractivity contribution in [2.45, 2.75) is 43.4 Å². The molecule has 3 aliphatic carbocycles. The summed E-state index contributed by atoms with van der Waals surface area (Å²) in [7, 11) is 8.98. The number of anilines is 1. The summed E-state index contributed by atoms with van der Waals surface area (Å²) in [5.41, 5.74) is 4.34. The van der Waals surface area contributed by atoms with Gasteiger partial charge >= 0.3 is 0 Å². The first kappa shape index (κ1) is 27.2. The van der Waals surface area contributed by atoms with Crippen molar-refractivity contribution < 1.29 is 34.8 Å². The molecule has 1 amide bonds. The number of hydrogen-bond acceptors (Lipinski definition) is 10. The number of carbonyl (C=O) groups is 3. The molecule has 1 aromatic rings. The smallest absolute Gasteiger partial charge is 0.255 e. The van der Waals surface area contributed by atoms with Crippen molar-refractivity contribution >= 4 is 28.9 Å². The number of amides is 1. The van der Waals surface area contributed by atoms with E-state index in [9.17, 15) is 34.8 Å². The number of phenols is 1. The number of aliphatic hydroxyl groups excluding tert-OH is 2. The zero-order valence-corrected chi connectivity index (χ0v) is 22.9. The Hall–Kier alpha value is -3.41. The summed E-state index contributed by atoms with van der Waals surface area (Å²) in [5, 5.41) is 45.4. The third-order valence-corrected chi connectivity index (χ3v) is 9.05. The molecule has 39 heavy (non-hydrogen) atoms. The zero-order valence-electron chi connectivity index (χ0n) is 22.9. The predicted molar refractivity (Wildman–Crippen MR) is 143 cm³/mol. The number of aliphatic hydroxyl groups is 3. The summed E-state index contributed by atoms with van der Waals surface area (Å²) in [6, 6.07) is 0.599. The van der Waals surface area contributed by atoms with Gasteiger partial charge in [-0.15, -0.1) is 0 Å². The molecule has 5 atom stereocenters. The van der Waals surface area contributed by atoms with E-state index in [1.807, 2.05) is 26.0 Å². The number of primary amides is 1. The fraction of sp³-hybridized carbons (Fsp3) is 0.536. The largest absolute Gasteiger partial charge is 0.508 e. The fourth-order valence-electron chi connectivity index (χ4n) is 7.42. The second-order valence-corrected chi connectivity index (χ2v) is 11.7. The summed E-state index contributed by atoms with van der Waals surface area (Å²) in [6.45, 7) is 0.923. The number of Topliss-reactive ketones (excluding diaryl/α,β-unsaturated/α-hetero) is 2. The van der Waals surface area contributed by atoms with E-state index in [1.54, 1.807) is 20.2 Å². The number of nitrogens with zero attached hydrogens (tertiary/aromatic N) is 3. The molecule has 1 saturated carbocycles. The Labute approximate surface area is 226 Å². The van der Waals surface area contributed by atoms with E-state index in [0.717, 1.165) is 30.6 Å². The molecule has 6 N–H and O–H groups in total. The Morgan fingerprint density at radius 1 is 1.15 bits per heavy atom. The summed E-state index contributed by atoms with van der Waals surface area (Å²) >= 11 is 0. The van der Waals surface area contributed by atoms with Crippen LogP contribution in [0.1, 0.15) is 42.0 Å². The summed E-state index contributed by atoms with van der Waals surface area (Å²) in [4.78, 5) is 45.1. The van der Waals surface area contributed by atoms with Crippen LogP contribution in [0.15, 0.2) is 23.0 Å². The number of aromatic hydroxyl groups is 1. The lowest BCUT2D eigenvalue weighted by Gasteiger charge is -2.50. The van der Waals surface area contributed by atoms with Gasteiger partial charge in [0.1, 0.15) is 22.8 Å². The van der Waals surface area contributed by atoms with Crippen LogP contribution in [-0.2, 0) is 20.8 Å². The zero-order chi connectivity index (χ0) is 28.7. The van der Waals surface area contributed by atoms with Gasteiger partial charge in [0.2, 0.25) is 5.78 Å². The van der Waals surface area contributed by atoms with Crippen LogP contribution >= 0.6 is 0 Å². The first-order valence-corrected chi connectivity index (χ1v) is 13.1. The van der Waals surface area contributed by atoms with E-state index >= 15 is 0 Å². The second-order valence-electron chi connectivity index (χ2n) is 11.7. The van der Waals surface area contributed by atoms with Crippen LogP contribution in [0.4, 0.5) is 5.69 Å². The molecule has 2 fully saturated rings. The van der Waals surface area contributed by atoms with Crippen molar-refractivity contribution in [3.8, 4) is 5.75 Å². The van der Waals surface area contributed by atoms with Crippen molar-refractivity contribution in [2.75, 3.05) is 46.7 Å². The first-order chi connectivity index (χ1) is 18.2. The first-order valence-electron chi connectivity index (χ1n) is 13.1. The van der Waals surface area contributed by atoms with Gasteiger partial charge < -0.3 is 31.1 Å². The van der Waals surface area contributed by atoms with Crippen LogP contribution in [0.25, 0.3) is 5.76 Å². The van der Waals surface area contributed by atoms with Gasteiger partial charge in [-0.25, -0.2) is 0 Å². The van der Waals surface area contributed by atoms with E-state index in [0.29, 0.717) is 5.56 Å². The van der Waals surface area contributed by atoms with Crippen LogP contribution in [0.2, 0.25) is 0 Å². The topological polar surface area (TPSA) is 168 Å². The van der Waals surface area contributed by atoms with Crippen molar-refractivity contribution in [1.82, 2.24) is 9.80 Å². The molecule has 1 aliphatic heterocycles. The molecule has 0 aromatic heterocycles. The highest BCUT2D eigenvalue weighted by Gasteiger charge is 2.64. The van der Waals surface area contributed by atoms with Crippen LogP contribution in [0.3, 0.4) is 0 Å². The molecule has 4 aliphatic rings. The Morgan fingerprint density at radius 2 is 1.82 bits per heavy atom. The minimum Gasteiger partial charge on any atom is -0.508 e. The van der Waals surface area contributed by atoms with Gasteiger partial charge in [0, 0.05) is 37.3 Å². The number of ketones is 2. The Balaban J connectivity index is 1.74. The third-order valence-electron chi connectivity index (χ3n) is 9.05. The molecule has 5 rings (SSSR count). The van der Waals surface area contributed by atoms with Gasteiger partial charge in [0.25, 0.3) is 5.91 Å². The highest BCUT2D eigenvalue weighted by Crippen LogP contribution is 2.55. The van der Waals surface area contributed by atoms with Crippen LogP contribution in [-0.4, -0.2) is 101 Å². The summed E-state index contributed by atoms with van der Waals surface area (Å²) in [6.07, 6.45) is 2.26. The molecule has 1 saturated heterocycles. The summed E-state index contributed by atoms with van der Waals surface area (Å²) < 4.78 is 0. The van der Waals surface area contributed by atoms with Crippen molar-refractivity contribution in [1.29, 1.82) is 0 Å². The van der Waals surface area contributed by atoms with Gasteiger partial charge in [-0.3, -0.25) is 24.2 Å². The SMILES string of the molecule is CN(C)c1c(C2CCCN2C)cc(O)c2c1C[C@H]1C[C@H]3[C@H](N(C)C)C(=O)C(C(N)=O)=C(O)[C@@]3(O)C(=O)C1=C2O. The second kappa shape index (κ2) is 9.07. The minimum absolute atomic E-state index is 0.0625. The Morgan fingerprint density at radius 3 is 2.36 bits per heavy atom. The molecule has 1 aromatic carbocycles. The van der Waals surface area contributed by atoms with Gasteiger partial charge in [-0.2, -0.15) is 0 Å². The average Bonchev–Trinajstić information content (AvgIpc) is 3.26. The fourth-order valence-corrected chi connectivity index (χ4v) is 7.42. The molecular weight excluding hydrogens is 504 g/mol. The molecular formula is C28H36N4O7. The lowest BCUT2D eigenvalue weighted by molar-refractivity contribution is -0.153. The Bertz CT molecular complexity index is 1360. The lowest BCUT2D eigenvalue weighted by atomic mass is 9.57. The maximum absolute atomic E-state index is 14.0. The van der Waals surface area contributed by atoms with E-state index in [4.69, 9.17) is 5.73 Å². The van der Waals surface area contributed by atoms with Crippen molar-refractivity contribution in [3.63, 3.8) is 0 Å². The molecule has 0 spiro atoms. The molecule has 1 heterocycles. The highest BCUT2D eigenvalue weighted by atomic mass is 16.3. The quantitative estimate of drug-likeness (QED) is 0.345. The molecule has 11 heteroatoms. The molecule has 1 unspecified atom stereocenters. The highest BCUT2D eigenvalue weighted by molar-refractivity contribution is 6.24. The van der Waals surface area contributed by atoms with Crippen LogP contribution in [0, 0.1) is 11.8 Å². The Kier molecular flexibility index (Phi) is 6.32. The van der Waals surface area contributed by atoms with Crippen molar-refractivity contribution in [3.05, 3.63) is 39.7 Å². The van der Waals surface area contributed by atoms with E-state index < -0.39 is 58.0 Å². The number of nitrogens with two attached hydrogens (primary N) is 1. The van der Waals surface area contributed by atoms with Gasteiger partial charge in [0.15, 0.2) is 11.4 Å². The number of likely N-dealkylation sites (tertiary alicyclic amines) is 1. The van der Waals surface area contributed by atoms with Crippen molar-refractivity contribution in [2.24, 2.45) is 17.6 Å². The molecule has 0 radical (unpaired) electrons. The maximum Gasteiger partial charge on any atom is 0.255 e. The minimum atomic E-state index is -2.64. The number of likely N-dealkylation sites (N-methyl/N-ethyl adjacent to an activating group) is 1.